The van der Waals surface area contributed by atoms with Gasteiger partial charge in [0.25, 0.3) is 0 Å². The molecule has 2 saturated heterocycles. The minimum Gasteiger partial charge on any atom is -0.341 e. The molecule has 2 aliphatic heterocycles. The molecule has 4 rings (SSSR count). The third-order valence-corrected chi connectivity index (χ3v) is 6.34. The SMILES string of the molecule is Cc1ccc(CN2CC(C(=O)N3C[C@@H](CN)[C@H](c4ccccc4)C3)CC2=O)cc1.Cl. The molecule has 3 atom stereocenters. The van der Waals surface area contributed by atoms with Crippen molar-refractivity contribution in [2.45, 2.75) is 25.8 Å². The Morgan fingerprint density at radius 2 is 1.73 bits per heavy atom. The Morgan fingerprint density at radius 1 is 1.03 bits per heavy atom. The molecule has 160 valence electrons. The van der Waals surface area contributed by atoms with Crippen molar-refractivity contribution in [3.05, 3.63) is 71.3 Å². The van der Waals surface area contributed by atoms with Crippen LogP contribution in [0, 0.1) is 18.8 Å². The molecule has 0 saturated carbocycles. The van der Waals surface area contributed by atoms with E-state index in [1.54, 1.807) is 0 Å². The molecular weight excluding hydrogens is 398 g/mol. The highest BCUT2D eigenvalue weighted by Gasteiger charge is 2.41. The average molecular weight is 428 g/mol. The van der Waals surface area contributed by atoms with Crippen molar-refractivity contribution in [3.8, 4) is 0 Å². The molecule has 5 nitrogen and oxygen atoms in total. The second-order valence-electron chi connectivity index (χ2n) is 8.42. The third kappa shape index (κ3) is 4.68. The van der Waals surface area contributed by atoms with E-state index in [0.717, 1.165) is 5.56 Å². The maximum atomic E-state index is 13.2. The van der Waals surface area contributed by atoms with Crippen LogP contribution in [0.2, 0.25) is 0 Å². The van der Waals surface area contributed by atoms with Gasteiger partial charge in [-0.2, -0.15) is 0 Å². The van der Waals surface area contributed by atoms with E-state index in [2.05, 4.69) is 36.4 Å². The van der Waals surface area contributed by atoms with Gasteiger partial charge in [-0.05, 0) is 30.5 Å². The standard InChI is InChI=1S/C24H29N3O2.ClH/c1-17-7-9-18(10-8-17)13-26-14-20(11-23(26)28)24(29)27-15-21(12-25)22(16-27)19-5-3-2-4-6-19;/h2-10,20-22H,11-16,25H2,1H3;1H/t20?,21-,22+;/m1./s1. The van der Waals surface area contributed by atoms with E-state index in [1.807, 2.05) is 34.9 Å². The summed E-state index contributed by atoms with van der Waals surface area (Å²) < 4.78 is 0. The van der Waals surface area contributed by atoms with Gasteiger partial charge in [-0.15, -0.1) is 12.4 Å². The first-order chi connectivity index (χ1) is 14.0. The van der Waals surface area contributed by atoms with Gasteiger partial charge < -0.3 is 15.5 Å². The van der Waals surface area contributed by atoms with Gasteiger partial charge in [0, 0.05) is 38.5 Å². The van der Waals surface area contributed by atoms with Crippen molar-refractivity contribution in [1.29, 1.82) is 0 Å². The van der Waals surface area contributed by atoms with E-state index in [4.69, 9.17) is 5.73 Å². The van der Waals surface area contributed by atoms with Crippen LogP contribution in [0.15, 0.2) is 54.6 Å². The largest absolute Gasteiger partial charge is 0.341 e. The summed E-state index contributed by atoms with van der Waals surface area (Å²) in [6.45, 7) is 5.05. The number of halogens is 1. The number of nitrogens with two attached hydrogens (primary N) is 1. The molecule has 6 heteroatoms. The second-order valence-corrected chi connectivity index (χ2v) is 8.42. The van der Waals surface area contributed by atoms with Gasteiger partial charge in [-0.25, -0.2) is 0 Å². The summed E-state index contributed by atoms with van der Waals surface area (Å²) in [7, 11) is 0. The van der Waals surface area contributed by atoms with E-state index in [0.29, 0.717) is 39.1 Å². The number of aryl methyl sites for hydroxylation is 1. The molecule has 2 N–H and O–H groups in total. The van der Waals surface area contributed by atoms with Crippen molar-refractivity contribution in [1.82, 2.24) is 9.80 Å². The molecule has 2 aromatic carbocycles. The summed E-state index contributed by atoms with van der Waals surface area (Å²) in [6, 6.07) is 18.5. The van der Waals surface area contributed by atoms with Gasteiger partial charge in [0.2, 0.25) is 11.8 Å². The Bertz CT molecular complexity index is 872. The molecule has 0 aliphatic carbocycles. The Hall–Kier alpha value is -2.37. The van der Waals surface area contributed by atoms with Crippen LogP contribution in [0.3, 0.4) is 0 Å². The van der Waals surface area contributed by atoms with E-state index in [9.17, 15) is 9.59 Å². The zero-order chi connectivity index (χ0) is 20.4. The summed E-state index contributed by atoms with van der Waals surface area (Å²) in [5.41, 5.74) is 9.56. The number of amides is 2. The predicted octanol–water partition coefficient (Wildman–Crippen LogP) is 2.97. The number of carbonyl (C=O) groups excluding carboxylic acids is 2. The second kappa shape index (κ2) is 9.63. The summed E-state index contributed by atoms with van der Waals surface area (Å²) in [5, 5.41) is 0. The molecule has 2 amide bonds. The number of nitrogens with zero attached hydrogens (tertiary/aromatic N) is 2. The van der Waals surface area contributed by atoms with Crippen LogP contribution in [0.5, 0.6) is 0 Å². The molecular formula is C24H30ClN3O2. The lowest BCUT2D eigenvalue weighted by atomic mass is 9.89. The Morgan fingerprint density at radius 3 is 2.40 bits per heavy atom. The maximum Gasteiger partial charge on any atom is 0.228 e. The van der Waals surface area contributed by atoms with Crippen molar-refractivity contribution >= 4 is 24.2 Å². The molecule has 0 aromatic heterocycles. The van der Waals surface area contributed by atoms with Gasteiger partial charge in [0.05, 0.1) is 5.92 Å². The van der Waals surface area contributed by atoms with Crippen molar-refractivity contribution in [2.24, 2.45) is 17.6 Å². The first-order valence-corrected chi connectivity index (χ1v) is 10.4. The van der Waals surface area contributed by atoms with Crippen molar-refractivity contribution < 1.29 is 9.59 Å². The quantitative estimate of drug-likeness (QED) is 0.797. The van der Waals surface area contributed by atoms with E-state index in [1.165, 1.54) is 11.1 Å². The summed E-state index contributed by atoms with van der Waals surface area (Å²) >= 11 is 0. The van der Waals surface area contributed by atoms with Gasteiger partial charge in [-0.3, -0.25) is 9.59 Å². The topological polar surface area (TPSA) is 66.6 Å². The Balaban J connectivity index is 0.00000256. The smallest absolute Gasteiger partial charge is 0.228 e. The molecule has 2 aliphatic rings. The lowest BCUT2D eigenvalue weighted by molar-refractivity contribution is -0.135. The molecule has 0 spiro atoms. The zero-order valence-electron chi connectivity index (χ0n) is 17.4. The lowest BCUT2D eigenvalue weighted by Gasteiger charge is -2.21. The van der Waals surface area contributed by atoms with Crippen molar-refractivity contribution in [3.63, 3.8) is 0 Å². The minimum atomic E-state index is -0.249. The maximum absolute atomic E-state index is 13.2. The first kappa shape index (κ1) is 22.3. The van der Waals surface area contributed by atoms with Crippen LogP contribution >= 0.6 is 12.4 Å². The lowest BCUT2D eigenvalue weighted by Crippen LogP contribution is -2.36. The fourth-order valence-electron chi connectivity index (χ4n) is 4.63. The molecule has 1 unspecified atom stereocenters. The fraction of sp³-hybridized carbons (Fsp3) is 0.417. The van der Waals surface area contributed by atoms with E-state index in [-0.39, 0.29) is 42.0 Å². The average Bonchev–Trinajstić information content (AvgIpc) is 3.34. The van der Waals surface area contributed by atoms with Crippen molar-refractivity contribution in [2.75, 3.05) is 26.2 Å². The highest BCUT2D eigenvalue weighted by Crippen LogP contribution is 2.34. The molecule has 2 aromatic rings. The van der Waals surface area contributed by atoms with Crippen LogP contribution in [0.4, 0.5) is 0 Å². The van der Waals surface area contributed by atoms with E-state index >= 15 is 0 Å². The van der Waals surface area contributed by atoms with Gasteiger partial charge in [0.15, 0.2) is 0 Å². The number of rotatable bonds is 5. The number of benzene rings is 2. The minimum absolute atomic E-state index is 0. The molecule has 2 fully saturated rings. The predicted molar refractivity (Wildman–Crippen MR) is 120 cm³/mol. The molecule has 0 radical (unpaired) electrons. The number of carbonyl (C=O) groups is 2. The van der Waals surface area contributed by atoms with E-state index < -0.39 is 0 Å². The third-order valence-electron chi connectivity index (χ3n) is 6.34. The number of hydrogen-bond acceptors (Lipinski definition) is 3. The number of likely N-dealkylation sites (tertiary alicyclic amines) is 2. The van der Waals surface area contributed by atoms with Gasteiger partial charge in [-0.1, -0.05) is 60.2 Å². The van der Waals surface area contributed by atoms with Crippen LogP contribution in [0.1, 0.15) is 29.0 Å². The van der Waals surface area contributed by atoms with Gasteiger partial charge >= 0.3 is 0 Å². The van der Waals surface area contributed by atoms with Crippen LogP contribution in [0.25, 0.3) is 0 Å². The number of hydrogen-bond donors (Lipinski definition) is 1. The molecule has 2 heterocycles. The first-order valence-electron chi connectivity index (χ1n) is 10.4. The zero-order valence-corrected chi connectivity index (χ0v) is 18.2. The monoisotopic (exact) mass is 427 g/mol. The van der Waals surface area contributed by atoms with Crippen LogP contribution in [-0.4, -0.2) is 47.8 Å². The summed E-state index contributed by atoms with van der Waals surface area (Å²) in [5.74, 6) is 0.452. The van der Waals surface area contributed by atoms with Crippen LogP contribution < -0.4 is 5.73 Å². The summed E-state index contributed by atoms with van der Waals surface area (Å²) in [6.07, 6.45) is 0.310. The molecule has 30 heavy (non-hydrogen) atoms. The normalized spacial score (nSPS) is 23.5. The fourth-order valence-corrected chi connectivity index (χ4v) is 4.63. The summed E-state index contributed by atoms with van der Waals surface area (Å²) in [4.78, 5) is 29.4. The highest BCUT2D eigenvalue weighted by molar-refractivity contribution is 5.89. The Kier molecular flexibility index (Phi) is 7.16. The highest BCUT2D eigenvalue weighted by atomic mass is 35.5. The van der Waals surface area contributed by atoms with Crippen LogP contribution in [-0.2, 0) is 16.1 Å². The van der Waals surface area contributed by atoms with Gasteiger partial charge in [0.1, 0.15) is 0 Å². The Labute approximate surface area is 184 Å². The molecule has 0 bridgehead atoms.